The molecule has 0 fully saturated rings. The molecule has 1 unspecified atom stereocenters. The zero-order valence-corrected chi connectivity index (χ0v) is 17.9. The van der Waals surface area contributed by atoms with Gasteiger partial charge in [-0.25, -0.2) is 0 Å². The number of fused-ring (bicyclic) bond motifs is 3. The summed E-state index contributed by atoms with van der Waals surface area (Å²) in [6, 6.07) is 11.9. The highest BCUT2D eigenvalue weighted by atomic mass is 16.2. The molecule has 0 spiro atoms. The average Bonchev–Trinajstić information content (AvgIpc) is 2.70. The van der Waals surface area contributed by atoms with Gasteiger partial charge in [-0.1, -0.05) is 44.2 Å². The predicted octanol–water partition coefficient (Wildman–Crippen LogP) is 3.75. The Morgan fingerprint density at radius 3 is 2.52 bits per heavy atom. The summed E-state index contributed by atoms with van der Waals surface area (Å²) in [5, 5.41) is 5.20. The lowest BCUT2D eigenvalue weighted by molar-refractivity contribution is -0.126. The van der Waals surface area contributed by atoms with Crippen LogP contribution in [0, 0.1) is 0 Å². The van der Waals surface area contributed by atoms with E-state index in [1.54, 1.807) is 0 Å². The highest BCUT2D eigenvalue weighted by molar-refractivity contribution is 6.05. The van der Waals surface area contributed by atoms with Gasteiger partial charge >= 0.3 is 0 Å². The molecule has 5 heteroatoms. The summed E-state index contributed by atoms with van der Waals surface area (Å²) in [5.74, 6) is -0.162. The molecule has 2 amide bonds. The quantitative estimate of drug-likeness (QED) is 0.704. The van der Waals surface area contributed by atoms with Crippen molar-refractivity contribution in [3.8, 4) is 0 Å². The first-order valence-electron chi connectivity index (χ1n) is 10.9. The Morgan fingerprint density at radius 1 is 1.10 bits per heavy atom. The van der Waals surface area contributed by atoms with Crippen molar-refractivity contribution < 1.29 is 9.59 Å². The minimum Gasteiger partial charge on any atom is -0.344 e. The van der Waals surface area contributed by atoms with Gasteiger partial charge < -0.3 is 15.1 Å². The lowest BCUT2D eigenvalue weighted by Crippen LogP contribution is -2.53. The fourth-order valence-electron chi connectivity index (χ4n) is 4.40. The van der Waals surface area contributed by atoms with Gasteiger partial charge in [0.15, 0.2) is 0 Å². The van der Waals surface area contributed by atoms with E-state index in [1.165, 1.54) is 12.3 Å². The molecule has 5 nitrogen and oxygen atoms in total. The van der Waals surface area contributed by atoms with Gasteiger partial charge in [-0.3, -0.25) is 9.59 Å². The molecule has 0 aromatic heterocycles. The van der Waals surface area contributed by atoms with Gasteiger partial charge in [-0.15, -0.1) is 0 Å². The molecule has 1 N–H and O–H groups in total. The molecule has 1 heterocycles. The fourth-order valence-corrected chi connectivity index (χ4v) is 4.40. The van der Waals surface area contributed by atoms with Crippen LogP contribution >= 0.6 is 0 Å². The number of amides is 2. The normalized spacial score (nSPS) is 16.3. The summed E-state index contributed by atoms with van der Waals surface area (Å²) in [6.45, 7) is 9.73. The maximum Gasteiger partial charge on any atom is 0.249 e. The fraction of sp³-hybridized carbons (Fsp3) is 0.500. The second-order valence-corrected chi connectivity index (χ2v) is 7.93. The summed E-state index contributed by atoms with van der Waals surface area (Å²) in [5.41, 5.74) is 2.15. The van der Waals surface area contributed by atoms with Crippen LogP contribution < -0.4 is 10.2 Å². The second-order valence-electron chi connectivity index (χ2n) is 7.93. The predicted molar refractivity (Wildman–Crippen MR) is 119 cm³/mol. The van der Waals surface area contributed by atoms with Crippen LogP contribution in [0.1, 0.15) is 45.6 Å². The molecule has 0 radical (unpaired) electrons. The first-order valence-corrected chi connectivity index (χ1v) is 10.9. The van der Waals surface area contributed by atoms with Gasteiger partial charge in [-0.2, -0.15) is 0 Å². The van der Waals surface area contributed by atoms with E-state index in [0.717, 1.165) is 55.5 Å². The third-order valence-corrected chi connectivity index (χ3v) is 5.59. The van der Waals surface area contributed by atoms with Crippen molar-refractivity contribution in [3.05, 3.63) is 42.0 Å². The van der Waals surface area contributed by atoms with Gasteiger partial charge in [-0.05, 0) is 61.3 Å². The first-order chi connectivity index (χ1) is 14.0. The van der Waals surface area contributed by atoms with Crippen LogP contribution in [-0.2, 0) is 16.0 Å². The van der Waals surface area contributed by atoms with E-state index in [0.29, 0.717) is 13.0 Å². The molecule has 2 aromatic carbocycles. The molecule has 3 rings (SSSR count). The molecule has 29 heavy (non-hydrogen) atoms. The summed E-state index contributed by atoms with van der Waals surface area (Å²) < 4.78 is 0. The van der Waals surface area contributed by atoms with Crippen LogP contribution in [0.4, 0.5) is 5.69 Å². The van der Waals surface area contributed by atoms with E-state index in [2.05, 4.69) is 48.3 Å². The third kappa shape index (κ3) is 4.96. The minimum atomic E-state index is -0.492. The van der Waals surface area contributed by atoms with E-state index in [4.69, 9.17) is 0 Å². The topological polar surface area (TPSA) is 52.6 Å². The Bertz CT molecular complexity index is 858. The summed E-state index contributed by atoms with van der Waals surface area (Å²) in [7, 11) is 0. The van der Waals surface area contributed by atoms with Crippen molar-refractivity contribution in [3.63, 3.8) is 0 Å². The maximum absolute atomic E-state index is 13.2. The van der Waals surface area contributed by atoms with Crippen LogP contribution in [0.2, 0.25) is 0 Å². The lowest BCUT2D eigenvalue weighted by Gasteiger charge is -2.35. The number of benzene rings is 2. The number of nitrogens with zero attached hydrogens (tertiary/aromatic N) is 2. The number of nitrogens with one attached hydrogen (secondary N) is 1. The Balaban J connectivity index is 1.86. The van der Waals surface area contributed by atoms with Crippen molar-refractivity contribution >= 4 is 28.3 Å². The molecule has 156 valence electrons. The minimum absolute atomic E-state index is 0.000476. The molecular weight excluding hydrogens is 362 g/mol. The Kier molecular flexibility index (Phi) is 7.26. The van der Waals surface area contributed by atoms with Crippen molar-refractivity contribution in [1.29, 1.82) is 0 Å². The van der Waals surface area contributed by atoms with Gasteiger partial charge in [0.1, 0.15) is 6.04 Å². The molecule has 0 aliphatic carbocycles. The summed E-state index contributed by atoms with van der Waals surface area (Å²) in [6.07, 6.45) is 3.75. The Hall–Kier alpha value is -2.40. The Morgan fingerprint density at radius 2 is 1.83 bits per heavy atom. The maximum atomic E-state index is 13.2. The number of rotatable bonds is 9. The Labute approximate surface area is 174 Å². The molecule has 0 saturated heterocycles. The van der Waals surface area contributed by atoms with Crippen LogP contribution in [0.5, 0.6) is 0 Å². The van der Waals surface area contributed by atoms with E-state index in [9.17, 15) is 9.59 Å². The second kappa shape index (κ2) is 9.88. The van der Waals surface area contributed by atoms with Crippen molar-refractivity contribution in [2.24, 2.45) is 0 Å². The van der Waals surface area contributed by atoms with Crippen molar-refractivity contribution in [1.82, 2.24) is 10.2 Å². The van der Waals surface area contributed by atoms with Crippen LogP contribution in [-0.4, -0.2) is 48.9 Å². The highest BCUT2D eigenvalue weighted by Crippen LogP contribution is 2.34. The zero-order chi connectivity index (χ0) is 20.8. The number of anilines is 1. The highest BCUT2D eigenvalue weighted by Gasteiger charge is 2.34. The van der Waals surface area contributed by atoms with E-state index < -0.39 is 6.04 Å². The zero-order valence-electron chi connectivity index (χ0n) is 17.9. The smallest absolute Gasteiger partial charge is 0.249 e. The standard InChI is InChI=1S/C24H33N3O2/c1-4-13-26(14-5-2)15-8-16-27-23-12-11-19-9-6-7-10-20(19)21(23)17-22(24(27)29)25-18(3)28/h6-7,9-12,22H,4-5,8,13-17H2,1-3H3,(H,25,28). The molecule has 1 aliphatic rings. The molecule has 0 saturated carbocycles. The number of carbonyl (C=O) groups is 2. The number of hydrogen-bond donors (Lipinski definition) is 1. The van der Waals surface area contributed by atoms with Crippen molar-refractivity contribution in [2.75, 3.05) is 31.1 Å². The number of hydrogen-bond acceptors (Lipinski definition) is 3. The van der Waals surface area contributed by atoms with Gasteiger partial charge in [0, 0.05) is 25.6 Å². The number of carbonyl (C=O) groups excluding carboxylic acids is 2. The molecule has 1 atom stereocenters. The lowest BCUT2D eigenvalue weighted by atomic mass is 9.92. The van der Waals surface area contributed by atoms with Gasteiger partial charge in [0.25, 0.3) is 0 Å². The van der Waals surface area contributed by atoms with Gasteiger partial charge in [0.05, 0.1) is 0 Å². The summed E-state index contributed by atoms with van der Waals surface area (Å²) >= 11 is 0. The molecule has 0 bridgehead atoms. The van der Waals surface area contributed by atoms with E-state index in [-0.39, 0.29) is 11.8 Å². The molecule has 2 aromatic rings. The molecule has 1 aliphatic heterocycles. The average molecular weight is 396 g/mol. The van der Waals surface area contributed by atoms with Crippen LogP contribution in [0.3, 0.4) is 0 Å². The monoisotopic (exact) mass is 395 g/mol. The van der Waals surface area contributed by atoms with Crippen molar-refractivity contribution in [2.45, 2.75) is 52.5 Å². The van der Waals surface area contributed by atoms with E-state index >= 15 is 0 Å². The van der Waals surface area contributed by atoms with Crippen LogP contribution in [0.15, 0.2) is 36.4 Å². The summed E-state index contributed by atoms with van der Waals surface area (Å²) in [4.78, 5) is 29.2. The van der Waals surface area contributed by atoms with E-state index in [1.807, 2.05) is 17.0 Å². The van der Waals surface area contributed by atoms with Crippen LogP contribution in [0.25, 0.3) is 10.8 Å². The largest absolute Gasteiger partial charge is 0.344 e. The first kappa shape index (κ1) is 21.3. The third-order valence-electron chi connectivity index (χ3n) is 5.59. The SMILES string of the molecule is CCCN(CCC)CCCN1C(=O)C(NC(C)=O)Cc2c1ccc1ccccc21. The van der Waals surface area contributed by atoms with Gasteiger partial charge in [0.2, 0.25) is 11.8 Å². The molecular formula is C24H33N3O2.